The van der Waals surface area contributed by atoms with Gasteiger partial charge in [-0.2, -0.15) is 0 Å². The Bertz CT molecular complexity index is 1280. The summed E-state index contributed by atoms with van der Waals surface area (Å²) in [5, 5.41) is 1.14. The van der Waals surface area contributed by atoms with Crippen LogP contribution in [0.4, 0.5) is 0 Å². The van der Waals surface area contributed by atoms with E-state index in [0.29, 0.717) is 16.5 Å². The van der Waals surface area contributed by atoms with E-state index in [4.69, 9.17) is 5.73 Å². The highest BCUT2D eigenvalue weighted by Crippen LogP contribution is 2.40. The summed E-state index contributed by atoms with van der Waals surface area (Å²) in [6.07, 6.45) is 0. The Kier molecular flexibility index (Phi) is 5.73. The number of nitrogens with two attached hydrogens (primary N) is 1. The van der Waals surface area contributed by atoms with E-state index in [0.717, 1.165) is 16.5 Å². The van der Waals surface area contributed by atoms with Crippen LogP contribution in [0.3, 0.4) is 0 Å². The predicted molar refractivity (Wildman–Crippen MR) is 124 cm³/mol. The van der Waals surface area contributed by atoms with Gasteiger partial charge in [0.25, 0.3) is 0 Å². The zero-order valence-corrected chi connectivity index (χ0v) is 18.6. The number of para-hydroxylation sites is 1. The summed E-state index contributed by atoms with van der Waals surface area (Å²) in [5.74, 6) is 0. The molecule has 6 heteroatoms. The van der Waals surface area contributed by atoms with Crippen LogP contribution in [0.2, 0.25) is 0 Å². The molecule has 1 atom stereocenters. The Labute approximate surface area is 181 Å². The van der Waals surface area contributed by atoms with Crippen molar-refractivity contribution < 1.29 is 8.42 Å². The van der Waals surface area contributed by atoms with Crippen LogP contribution in [0.1, 0.15) is 18.1 Å². The maximum atomic E-state index is 13.7. The van der Waals surface area contributed by atoms with Crippen LogP contribution in [0, 0.1) is 6.92 Å². The summed E-state index contributed by atoms with van der Waals surface area (Å²) in [6.45, 7) is 4.49. The molecule has 30 heavy (non-hydrogen) atoms. The van der Waals surface area contributed by atoms with Crippen molar-refractivity contribution in [2.24, 2.45) is 5.73 Å². The lowest BCUT2D eigenvalue weighted by molar-refractivity contribution is 0.592. The van der Waals surface area contributed by atoms with Gasteiger partial charge in [0.05, 0.1) is 20.8 Å². The van der Waals surface area contributed by atoms with E-state index in [1.54, 1.807) is 24.3 Å². The Morgan fingerprint density at radius 3 is 2.23 bits per heavy atom. The fourth-order valence-corrected chi connectivity index (χ4v) is 6.44. The molecule has 4 aromatic rings. The van der Waals surface area contributed by atoms with E-state index in [9.17, 15) is 8.42 Å². The Hall–Kier alpha value is -2.54. The highest BCUT2D eigenvalue weighted by Gasteiger charge is 2.29. The molecule has 1 heterocycles. The van der Waals surface area contributed by atoms with Crippen molar-refractivity contribution in [2.75, 3.05) is 0 Å². The van der Waals surface area contributed by atoms with Crippen LogP contribution in [0.15, 0.2) is 93.7 Å². The number of thioether (sulfide) groups is 1. The molecule has 0 saturated heterocycles. The maximum absolute atomic E-state index is 13.7. The van der Waals surface area contributed by atoms with E-state index >= 15 is 0 Å². The largest absolute Gasteiger partial charge is 0.330 e. The minimum atomic E-state index is -3.72. The minimum Gasteiger partial charge on any atom is -0.330 e. The summed E-state index contributed by atoms with van der Waals surface area (Å²) in [5.41, 5.74) is 9.32. The first-order chi connectivity index (χ1) is 14.4. The van der Waals surface area contributed by atoms with Gasteiger partial charge in [0.15, 0.2) is 0 Å². The van der Waals surface area contributed by atoms with Crippen molar-refractivity contribution in [3.63, 3.8) is 0 Å². The van der Waals surface area contributed by atoms with Crippen molar-refractivity contribution in [2.45, 2.75) is 40.6 Å². The van der Waals surface area contributed by atoms with Crippen LogP contribution < -0.4 is 5.73 Å². The van der Waals surface area contributed by atoms with Gasteiger partial charge in [-0.05, 0) is 37.6 Å². The van der Waals surface area contributed by atoms with Gasteiger partial charge < -0.3 is 10.3 Å². The second-order valence-corrected chi connectivity index (χ2v) is 10.6. The molecule has 4 rings (SSSR count). The van der Waals surface area contributed by atoms with Gasteiger partial charge in [-0.15, -0.1) is 0 Å². The molecule has 0 fully saturated rings. The number of sulfone groups is 1. The van der Waals surface area contributed by atoms with Crippen LogP contribution in [-0.4, -0.2) is 18.4 Å². The number of rotatable bonds is 6. The normalized spacial score (nSPS) is 12.9. The lowest BCUT2D eigenvalue weighted by Crippen LogP contribution is -2.13. The Morgan fingerprint density at radius 1 is 0.933 bits per heavy atom. The van der Waals surface area contributed by atoms with E-state index < -0.39 is 9.84 Å². The lowest BCUT2D eigenvalue weighted by Gasteiger charge is -2.14. The smallest absolute Gasteiger partial charge is 0.209 e. The highest BCUT2D eigenvalue weighted by molar-refractivity contribution is 8.00. The second-order valence-electron chi connectivity index (χ2n) is 7.36. The molecule has 0 aliphatic rings. The minimum absolute atomic E-state index is 0.254. The number of aromatic nitrogens is 1. The highest BCUT2D eigenvalue weighted by atomic mass is 32.2. The van der Waals surface area contributed by atoms with Gasteiger partial charge in [0.2, 0.25) is 9.84 Å². The van der Waals surface area contributed by atoms with E-state index in [1.807, 2.05) is 37.3 Å². The van der Waals surface area contributed by atoms with Crippen molar-refractivity contribution in [1.82, 2.24) is 4.57 Å². The van der Waals surface area contributed by atoms with Gasteiger partial charge in [0.1, 0.15) is 4.90 Å². The molecule has 154 valence electrons. The molecule has 0 aliphatic heterocycles. The monoisotopic (exact) mass is 436 g/mol. The third kappa shape index (κ3) is 3.90. The van der Waals surface area contributed by atoms with Gasteiger partial charge in [-0.1, -0.05) is 78.0 Å². The molecular formula is C24H24N2O2S2. The quantitative estimate of drug-likeness (QED) is 0.332. The lowest BCUT2D eigenvalue weighted by atomic mass is 10.1. The molecule has 1 aromatic heterocycles. The fourth-order valence-electron chi connectivity index (χ4n) is 3.55. The first-order valence-electron chi connectivity index (χ1n) is 9.77. The molecule has 1 unspecified atom stereocenters. The third-order valence-corrected chi connectivity index (χ3v) is 7.95. The topological polar surface area (TPSA) is 65.1 Å². The Morgan fingerprint density at radius 2 is 1.57 bits per heavy atom. The van der Waals surface area contributed by atoms with Gasteiger partial charge in [-0.3, -0.25) is 0 Å². The fraction of sp³-hybridized carbons (Fsp3) is 0.167. The summed E-state index contributed by atoms with van der Waals surface area (Å²) in [4.78, 5) is 0.619. The zero-order chi connectivity index (χ0) is 21.3. The van der Waals surface area contributed by atoms with Crippen LogP contribution >= 0.6 is 11.8 Å². The van der Waals surface area contributed by atoms with Crippen LogP contribution in [-0.2, 0) is 16.4 Å². The molecule has 0 amide bonds. The van der Waals surface area contributed by atoms with E-state index in [1.165, 1.54) is 17.3 Å². The summed E-state index contributed by atoms with van der Waals surface area (Å²) < 4.78 is 29.5. The van der Waals surface area contributed by atoms with Gasteiger partial charge in [-0.25, -0.2) is 8.42 Å². The number of nitrogens with zero attached hydrogens (tertiary/aromatic N) is 1. The predicted octanol–water partition coefficient (Wildman–Crippen LogP) is 5.23. The first kappa shape index (κ1) is 20.7. The third-order valence-electron chi connectivity index (χ3n) is 4.96. The van der Waals surface area contributed by atoms with Crippen molar-refractivity contribution >= 4 is 32.5 Å². The molecule has 0 saturated carbocycles. The number of fused-ring (bicyclic) bond motifs is 1. The van der Waals surface area contributed by atoms with E-state index in [-0.39, 0.29) is 10.3 Å². The average Bonchev–Trinajstić information content (AvgIpc) is 3.03. The Balaban J connectivity index is 1.99. The van der Waals surface area contributed by atoms with Crippen LogP contribution in [0.5, 0.6) is 0 Å². The SMILES string of the molecule is Cc1ccc(Cn2c(SC(C)N)c(S(=O)(=O)c3ccccc3)c3ccccc32)cc1. The number of hydrogen-bond acceptors (Lipinski definition) is 4. The van der Waals surface area contributed by atoms with E-state index in [2.05, 4.69) is 35.8 Å². The first-order valence-corrected chi connectivity index (χ1v) is 12.1. The molecular weight excluding hydrogens is 412 g/mol. The van der Waals surface area contributed by atoms with Gasteiger partial charge in [0, 0.05) is 11.9 Å². The summed E-state index contributed by atoms with van der Waals surface area (Å²) in [7, 11) is -3.72. The second kappa shape index (κ2) is 8.30. The molecule has 4 nitrogen and oxygen atoms in total. The maximum Gasteiger partial charge on any atom is 0.209 e. The standard InChI is InChI=1S/C24H24N2O2S2/c1-17-12-14-19(15-13-17)16-26-22-11-7-6-10-21(22)23(24(26)29-18(2)25)30(27,28)20-8-4-3-5-9-20/h3-15,18H,16,25H2,1-2H3. The number of hydrogen-bond donors (Lipinski definition) is 1. The summed E-state index contributed by atoms with van der Waals surface area (Å²) in [6, 6.07) is 24.6. The molecule has 3 aromatic carbocycles. The zero-order valence-electron chi connectivity index (χ0n) is 16.9. The van der Waals surface area contributed by atoms with Crippen molar-refractivity contribution in [1.29, 1.82) is 0 Å². The molecule has 0 radical (unpaired) electrons. The van der Waals surface area contributed by atoms with Gasteiger partial charge >= 0.3 is 0 Å². The number of benzene rings is 3. The molecule has 0 aliphatic carbocycles. The number of aryl methyl sites for hydroxylation is 1. The van der Waals surface area contributed by atoms with Crippen molar-refractivity contribution in [3.8, 4) is 0 Å². The molecule has 2 N–H and O–H groups in total. The van der Waals surface area contributed by atoms with Crippen LogP contribution in [0.25, 0.3) is 10.9 Å². The molecule has 0 bridgehead atoms. The summed E-state index contributed by atoms with van der Waals surface area (Å²) >= 11 is 1.38. The average molecular weight is 437 g/mol. The molecule has 0 spiro atoms. The van der Waals surface area contributed by atoms with Crippen molar-refractivity contribution in [3.05, 3.63) is 90.0 Å².